The molecule has 0 aromatic rings. The van der Waals surface area contributed by atoms with Crippen molar-refractivity contribution in [3.05, 3.63) is 0 Å². The summed E-state index contributed by atoms with van der Waals surface area (Å²) in [5.74, 6) is 3.37. The minimum Gasteiger partial charge on any atom is -0.354 e. The maximum atomic E-state index is 12.0. The molecule has 1 saturated heterocycles. The van der Waals surface area contributed by atoms with Gasteiger partial charge in [-0.05, 0) is 87.4 Å². The van der Waals surface area contributed by atoms with Crippen molar-refractivity contribution < 1.29 is 9.59 Å². The zero-order valence-electron chi connectivity index (χ0n) is 16.1. The molecule has 25 heavy (non-hydrogen) atoms. The van der Waals surface area contributed by atoms with Gasteiger partial charge in [0.05, 0.1) is 0 Å². The molecule has 0 bridgehead atoms. The molecule has 4 rings (SSSR count). The maximum Gasteiger partial charge on any atom is 0.220 e. The van der Waals surface area contributed by atoms with Gasteiger partial charge in [-0.25, -0.2) is 0 Å². The van der Waals surface area contributed by atoms with Crippen LogP contribution in [-0.2, 0) is 9.59 Å². The van der Waals surface area contributed by atoms with Crippen LogP contribution in [0, 0.1) is 29.1 Å². The van der Waals surface area contributed by atoms with E-state index >= 15 is 0 Å². The van der Waals surface area contributed by atoms with E-state index in [0.717, 1.165) is 43.4 Å². The molecule has 2 amide bonds. The molecule has 3 saturated carbocycles. The lowest BCUT2D eigenvalue weighted by Crippen LogP contribution is -2.63. The number of carbonyl (C=O) groups excluding carboxylic acids is 2. The third-order valence-corrected chi connectivity index (χ3v) is 8.57. The summed E-state index contributed by atoms with van der Waals surface area (Å²) in [4.78, 5) is 23.4. The van der Waals surface area contributed by atoms with Crippen LogP contribution >= 0.6 is 0 Å². The highest BCUT2D eigenvalue weighted by atomic mass is 16.2. The van der Waals surface area contributed by atoms with E-state index in [1.807, 2.05) is 0 Å². The molecule has 7 atom stereocenters. The second-order valence-corrected chi connectivity index (χ2v) is 9.87. The van der Waals surface area contributed by atoms with Crippen molar-refractivity contribution >= 4 is 11.8 Å². The van der Waals surface area contributed by atoms with E-state index in [1.165, 1.54) is 25.7 Å². The van der Waals surface area contributed by atoms with Gasteiger partial charge in [0, 0.05) is 24.9 Å². The molecule has 0 aromatic carbocycles. The zero-order valence-corrected chi connectivity index (χ0v) is 16.1. The predicted molar refractivity (Wildman–Crippen MR) is 97.8 cm³/mol. The van der Waals surface area contributed by atoms with E-state index in [0.29, 0.717) is 23.8 Å². The Kier molecular flexibility index (Phi) is 4.16. The van der Waals surface area contributed by atoms with E-state index < -0.39 is 0 Å². The fraction of sp³-hybridized carbons (Fsp3) is 0.905. The van der Waals surface area contributed by atoms with Crippen LogP contribution in [0.25, 0.3) is 0 Å². The van der Waals surface area contributed by atoms with Gasteiger partial charge in [-0.2, -0.15) is 0 Å². The summed E-state index contributed by atoms with van der Waals surface area (Å²) in [5, 5.41) is 6.53. The fourth-order valence-electron chi connectivity index (χ4n) is 7.35. The number of nitrogens with one attached hydrogen (secondary N) is 2. The third-order valence-electron chi connectivity index (χ3n) is 8.57. The number of rotatable bonds is 1. The van der Waals surface area contributed by atoms with Crippen molar-refractivity contribution in [3.63, 3.8) is 0 Å². The summed E-state index contributed by atoms with van der Waals surface area (Å²) < 4.78 is 0. The Morgan fingerprint density at radius 1 is 1.08 bits per heavy atom. The lowest BCUT2D eigenvalue weighted by atomic mass is 9.45. The van der Waals surface area contributed by atoms with Crippen molar-refractivity contribution in [2.75, 3.05) is 0 Å². The molecule has 0 unspecified atom stereocenters. The van der Waals surface area contributed by atoms with Crippen molar-refractivity contribution in [2.45, 2.75) is 90.1 Å². The Morgan fingerprint density at radius 3 is 2.64 bits per heavy atom. The normalized spacial score (nSPS) is 49.2. The second kappa shape index (κ2) is 5.99. The van der Waals surface area contributed by atoms with Crippen molar-refractivity contribution in [1.82, 2.24) is 10.6 Å². The van der Waals surface area contributed by atoms with Crippen LogP contribution in [0.15, 0.2) is 0 Å². The third kappa shape index (κ3) is 2.80. The average Bonchev–Trinajstić information content (AvgIpc) is 2.53. The van der Waals surface area contributed by atoms with Crippen LogP contribution in [0.5, 0.6) is 0 Å². The molecular weight excluding hydrogens is 312 g/mol. The van der Waals surface area contributed by atoms with Crippen LogP contribution < -0.4 is 10.6 Å². The Morgan fingerprint density at radius 2 is 1.88 bits per heavy atom. The van der Waals surface area contributed by atoms with E-state index in [2.05, 4.69) is 24.5 Å². The molecule has 4 heteroatoms. The van der Waals surface area contributed by atoms with E-state index in [1.54, 1.807) is 6.92 Å². The minimum atomic E-state index is 0.0348. The van der Waals surface area contributed by atoms with Crippen molar-refractivity contribution in [2.24, 2.45) is 29.1 Å². The van der Waals surface area contributed by atoms with E-state index in [-0.39, 0.29) is 17.4 Å². The predicted octanol–water partition coefficient (Wildman–Crippen LogP) is 3.40. The van der Waals surface area contributed by atoms with Crippen LogP contribution in [0.3, 0.4) is 0 Å². The summed E-state index contributed by atoms with van der Waals surface area (Å²) in [7, 11) is 0. The van der Waals surface area contributed by atoms with Gasteiger partial charge in [0.1, 0.15) is 0 Å². The van der Waals surface area contributed by atoms with Crippen molar-refractivity contribution in [1.29, 1.82) is 0 Å². The summed E-state index contributed by atoms with van der Waals surface area (Å²) in [6, 6.07) is 0.384. The maximum absolute atomic E-state index is 12.0. The van der Waals surface area contributed by atoms with Gasteiger partial charge >= 0.3 is 0 Å². The number of piperidine rings is 1. The molecule has 2 N–H and O–H groups in total. The van der Waals surface area contributed by atoms with Crippen LogP contribution in [0.1, 0.15) is 78.6 Å². The summed E-state index contributed by atoms with van der Waals surface area (Å²) in [6.45, 7) is 6.49. The van der Waals surface area contributed by atoms with Gasteiger partial charge in [0.2, 0.25) is 11.8 Å². The van der Waals surface area contributed by atoms with Crippen LogP contribution in [0.4, 0.5) is 0 Å². The first-order chi connectivity index (χ1) is 11.8. The first kappa shape index (κ1) is 17.4. The fourth-order valence-corrected chi connectivity index (χ4v) is 7.35. The van der Waals surface area contributed by atoms with Gasteiger partial charge in [-0.3, -0.25) is 9.59 Å². The van der Waals surface area contributed by atoms with Gasteiger partial charge < -0.3 is 10.6 Å². The monoisotopic (exact) mass is 346 g/mol. The largest absolute Gasteiger partial charge is 0.354 e. The zero-order chi connectivity index (χ0) is 17.8. The summed E-state index contributed by atoms with van der Waals surface area (Å²) in [6.07, 6.45) is 10.4. The number of fused-ring (bicyclic) bond motifs is 5. The molecule has 4 fully saturated rings. The smallest absolute Gasteiger partial charge is 0.220 e. The van der Waals surface area contributed by atoms with Crippen molar-refractivity contribution in [3.8, 4) is 0 Å². The quantitative estimate of drug-likeness (QED) is 0.764. The molecule has 0 spiro atoms. The Bertz CT molecular complexity index is 576. The highest BCUT2D eigenvalue weighted by Gasteiger charge is 2.57. The highest BCUT2D eigenvalue weighted by Crippen LogP contribution is 2.62. The molecule has 4 aliphatic rings. The lowest BCUT2D eigenvalue weighted by Gasteiger charge is -2.62. The summed E-state index contributed by atoms with van der Waals surface area (Å²) >= 11 is 0. The Balaban J connectivity index is 1.53. The molecule has 3 aliphatic carbocycles. The van der Waals surface area contributed by atoms with E-state index in [4.69, 9.17) is 0 Å². The summed E-state index contributed by atoms with van der Waals surface area (Å²) in [5.41, 5.74) is 0.466. The Labute approximate surface area is 151 Å². The van der Waals surface area contributed by atoms with Crippen LogP contribution in [0.2, 0.25) is 0 Å². The second-order valence-electron chi connectivity index (χ2n) is 9.87. The number of amides is 2. The molecule has 1 heterocycles. The van der Waals surface area contributed by atoms with E-state index in [9.17, 15) is 9.59 Å². The minimum absolute atomic E-state index is 0.0348. The number of carbonyl (C=O) groups is 2. The lowest BCUT2D eigenvalue weighted by molar-refractivity contribution is -0.140. The first-order valence-electron chi connectivity index (χ1n) is 10.4. The molecule has 4 nitrogen and oxygen atoms in total. The molecular formula is C21H34N2O2. The van der Waals surface area contributed by atoms with Gasteiger partial charge in [0.25, 0.3) is 0 Å². The SMILES string of the molecule is CC(=O)N[C@@H]1CC[C@@]2(C)[C@@H](CC[C@@H]3[C@@H]2CC[C@]2(C)NC(=O)CC[C@@H]32)C1. The van der Waals surface area contributed by atoms with Gasteiger partial charge in [-0.15, -0.1) is 0 Å². The van der Waals surface area contributed by atoms with Gasteiger partial charge in [-0.1, -0.05) is 6.92 Å². The topological polar surface area (TPSA) is 58.2 Å². The number of hydrogen-bond donors (Lipinski definition) is 2. The highest BCUT2D eigenvalue weighted by molar-refractivity contribution is 5.77. The Hall–Kier alpha value is -1.06. The molecule has 140 valence electrons. The number of hydrogen-bond acceptors (Lipinski definition) is 2. The standard InChI is InChI=1S/C21H34N2O2/c1-13(24)22-15-8-10-20(2)14(12-15)4-5-16-17(20)9-11-21(3)18(16)6-7-19(25)23-21/h14-18H,4-12H2,1-3H3,(H,22,24)(H,23,25)/t14-,15+,16+,17-,18-,20-,21-/m0/s1. The molecule has 0 aromatic heterocycles. The van der Waals surface area contributed by atoms with Gasteiger partial charge in [0.15, 0.2) is 0 Å². The first-order valence-corrected chi connectivity index (χ1v) is 10.4. The van der Waals surface area contributed by atoms with Crippen LogP contribution in [-0.4, -0.2) is 23.4 Å². The average molecular weight is 347 g/mol. The molecule has 0 radical (unpaired) electrons. The molecule has 1 aliphatic heterocycles.